The molecular weight excluding hydrogens is 470 g/mol. The quantitative estimate of drug-likeness (QED) is 0.258. The van der Waals surface area contributed by atoms with E-state index < -0.39 is 0 Å². The van der Waals surface area contributed by atoms with E-state index in [-0.39, 0.29) is 6.10 Å². The van der Waals surface area contributed by atoms with Crippen molar-refractivity contribution in [1.29, 1.82) is 0 Å². The van der Waals surface area contributed by atoms with E-state index in [9.17, 15) is 0 Å². The third-order valence-electron chi connectivity index (χ3n) is 6.37. The van der Waals surface area contributed by atoms with Crippen LogP contribution in [0, 0.1) is 6.92 Å². The Hall–Kier alpha value is -3.10. The summed E-state index contributed by atoms with van der Waals surface area (Å²) in [6.07, 6.45) is 10.1. The van der Waals surface area contributed by atoms with Crippen LogP contribution in [0.15, 0.2) is 48.8 Å². The van der Waals surface area contributed by atoms with Crippen LogP contribution in [0.25, 0.3) is 11.4 Å². The molecule has 7 nitrogen and oxygen atoms in total. The van der Waals surface area contributed by atoms with Gasteiger partial charge < -0.3 is 9.47 Å². The van der Waals surface area contributed by atoms with Crippen LogP contribution in [0.4, 0.5) is 0 Å². The number of pyridine rings is 1. The van der Waals surface area contributed by atoms with Crippen LogP contribution in [0.3, 0.4) is 0 Å². The standard InChI is InChI=1S/C28H33N5O2S/c1-3-4-12-27-30-20(2)25(36-27)16-26-31-28(32-33(26)18-24-11-7-14-34-24)22-9-5-10-23(15-22)35-19-21-8-6-13-29-17-21/h5-6,8-10,13,15,17,24H,3-4,7,11-12,14,16,18-19H2,1-2H3. The van der Waals surface area contributed by atoms with E-state index in [0.717, 1.165) is 67.2 Å². The first-order chi connectivity index (χ1) is 17.7. The van der Waals surface area contributed by atoms with Gasteiger partial charge >= 0.3 is 0 Å². The van der Waals surface area contributed by atoms with Crippen LogP contribution in [0.1, 0.15) is 59.6 Å². The largest absolute Gasteiger partial charge is 0.489 e. The number of aryl methyl sites for hydroxylation is 2. The number of nitrogens with zero attached hydrogens (tertiary/aromatic N) is 5. The lowest BCUT2D eigenvalue weighted by molar-refractivity contribution is 0.0932. The number of thiazole rings is 1. The van der Waals surface area contributed by atoms with Crippen molar-refractivity contribution in [3.63, 3.8) is 0 Å². The molecule has 1 fully saturated rings. The van der Waals surface area contributed by atoms with Crippen molar-refractivity contribution in [3.05, 3.63) is 75.8 Å². The summed E-state index contributed by atoms with van der Waals surface area (Å²) in [7, 11) is 0. The lowest BCUT2D eigenvalue weighted by Gasteiger charge is -2.11. The van der Waals surface area contributed by atoms with Crippen molar-refractivity contribution < 1.29 is 9.47 Å². The maximum atomic E-state index is 6.02. The summed E-state index contributed by atoms with van der Waals surface area (Å²) in [5.41, 5.74) is 3.07. The van der Waals surface area contributed by atoms with Gasteiger partial charge in [-0.15, -0.1) is 11.3 Å². The fourth-order valence-electron chi connectivity index (χ4n) is 4.36. The number of aromatic nitrogens is 5. The molecule has 3 aromatic heterocycles. The first-order valence-corrected chi connectivity index (χ1v) is 13.6. The molecule has 1 atom stereocenters. The average molecular weight is 504 g/mol. The lowest BCUT2D eigenvalue weighted by atomic mass is 10.2. The zero-order chi connectivity index (χ0) is 24.7. The number of benzene rings is 1. The molecule has 1 unspecified atom stereocenters. The first kappa shape index (κ1) is 24.6. The van der Waals surface area contributed by atoms with Crippen molar-refractivity contribution in [1.82, 2.24) is 24.7 Å². The summed E-state index contributed by atoms with van der Waals surface area (Å²) in [6.45, 7) is 6.34. The summed E-state index contributed by atoms with van der Waals surface area (Å²) in [5, 5.41) is 6.15. The van der Waals surface area contributed by atoms with E-state index in [4.69, 9.17) is 24.5 Å². The Kier molecular flexibility index (Phi) is 8.03. The van der Waals surface area contributed by atoms with Gasteiger partial charge in [-0.1, -0.05) is 31.5 Å². The van der Waals surface area contributed by atoms with Gasteiger partial charge in [0.05, 0.1) is 23.4 Å². The molecular formula is C28H33N5O2S. The maximum absolute atomic E-state index is 6.02. The summed E-state index contributed by atoms with van der Waals surface area (Å²) < 4.78 is 14.0. The SMILES string of the molecule is CCCCc1nc(C)c(Cc2nc(-c3cccc(OCc4cccnc4)c3)nn2CC2CCCO2)s1. The molecule has 1 aliphatic heterocycles. The molecule has 0 bridgehead atoms. The summed E-state index contributed by atoms with van der Waals surface area (Å²) in [5.74, 6) is 2.45. The Morgan fingerprint density at radius 3 is 2.94 bits per heavy atom. The Morgan fingerprint density at radius 1 is 1.19 bits per heavy atom. The molecule has 0 amide bonds. The molecule has 8 heteroatoms. The van der Waals surface area contributed by atoms with Gasteiger partial charge in [0, 0.05) is 41.4 Å². The lowest BCUT2D eigenvalue weighted by Crippen LogP contribution is -2.18. The first-order valence-electron chi connectivity index (χ1n) is 12.8. The fourth-order valence-corrected chi connectivity index (χ4v) is 5.47. The molecule has 4 heterocycles. The van der Waals surface area contributed by atoms with Crippen molar-refractivity contribution in [2.45, 2.75) is 71.6 Å². The minimum atomic E-state index is 0.190. The minimum absolute atomic E-state index is 0.190. The van der Waals surface area contributed by atoms with E-state index in [1.165, 1.54) is 22.7 Å². The molecule has 0 aliphatic carbocycles. The van der Waals surface area contributed by atoms with Crippen molar-refractivity contribution >= 4 is 11.3 Å². The predicted molar refractivity (Wildman–Crippen MR) is 141 cm³/mol. The smallest absolute Gasteiger partial charge is 0.181 e. The van der Waals surface area contributed by atoms with E-state index in [1.54, 1.807) is 6.20 Å². The van der Waals surface area contributed by atoms with Crippen molar-refractivity contribution in [3.8, 4) is 17.1 Å². The Morgan fingerprint density at radius 2 is 2.14 bits per heavy atom. The Balaban J connectivity index is 1.38. The maximum Gasteiger partial charge on any atom is 0.181 e. The molecule has 0 radical (unpaired) electrons. The molecule has 1 aromatic carbocycles. The number of ether oxygens (including phenoxy) is 2. The van der Waals surface area contributed by atoms with Crippen molar-refractivity contribution in [2.24, 2.45) is 0 Å². The van der Waals surface area contributed by atoms with Gasteiger partial charge in [-0.05, 0) is 50.8 Å². The van der Waals surface area contributed by atoms with Crippen molar-refractivity contribution in [2.75, 3.05) is 6.61 Å². The molecule has 1 saturated heterocycles. The monoisotopic (exact) mass is 503 g/mol. The number of rotatable bonds is 11. The molecule has 1 aliphatic rings. The summed E-state index contributed by atoms with van der Waals surface area (Å²) >= 11 is 1.81. The normalized spacial score (nSPS) is 15.4. The van der Waals surface area contributed by atoms with Crippen LogP contribution >= 0.6 is 11.3 Å². The van der Waals surface area contributed by atoms with E-state index in [1.807, 2.05) is 58.6 Å². The second-order valence-electron chi connectivity index (χ2n) is 9.24. The van der Waals surface area contributed by atoms with Gasteiger partial charge in [0.15, 0.2) is 5.82 Å². The molecule has 5 rings (SSSR count). The Bertz CT molecular complexity index is 1260. The topological polar surface area (TPSA) is 75.0 Å². The highest BCUT2D eigenvalue weighted by Crippen LogP contribution is 2.27. The summed E-state index contributed by atoms with van der Waals surface area (Å²) in [6, 6.07) is 11.9. The molecule has 0 N–H and O–H groups in total. The summed E-state index contributed by atoms with van der Waals surface area (Å²) in [4.78, 5) is 15.2. The molecule has 36 heavy (non-hydrogen) atoms. The van der Waals surface area contributed by atoms with Gasteiger partial charge in [0.1, 0.15) is 18.2 Å². The minimum Gasteiger partial charge on any atom is -0.489 e. The van der Waals surface area contributed by atoms with E-state index in [2.05, 4.69) is 18.8 Å². The predicted octanol–water partition coefficient (Wildman–Crippen LogP) is 5.80. The molecule has 188 valence electrons. The molecule has 0 spiro atoms. The number of hydrogen-bond acceptors (Lipinski definition) is 7. The third-order valence-corrected chi connectivity index (χ3v) is 7.59. The van der Waals surface area contributed by atoms with Crippen LogP contribution in [-0.4, -0.2) is 37.4 Å². The van der Waals surface area contributed by atoms with Gasteiger partial charge in [0.25, 0.3) is 0 Å². The van der Waals surface area contributed by atoms with Gasteiger partial charge in [0.2, 0.25) is 0 Å². The highest BCUT2D eigenvalue weighted by Gasteiger charge is 2.21. The van der Waals surface area contributed by atoms with Crippen LogP contribution in [-0.2, 0) is 30.7 Å². The second-order valence-corrected chi connectivity index (χ2v) is 10.4. The average Bonchev–Trinajstić information content (AvgIpc) is 3.64. The fraction of sp³-hybridized carbons (Fsp3) is 0.429. The Labute approximate surface area is 216 Å². The zero-order valence-corrected chi connectivity index (χ0v) is 21.8. The third kappa shape index (κ3) is 6.17. The highest BCUT2D eigenvalue weighted by atomic mass is 32.1. The number of unbranched alkanes of at least 4 members (excludes halogenated alkanes) is 1. The van der Waals surface area contributed by atoms with Crippen LogP contribution in [0.5, 0.6) is 5.75 Å². The van der Waals surface area contributed by atoms with Gasteiger partial charge in [-0.2, -0.15) is 5.10 Å². The zero-order valence-electron chi connectivity index (χ0n) is 21.0. The van der Waals surface area contributed by atoms with E-state index >= 15 is 0 Å². The van der Waals surface area contributed by atoms with E-state index in [0.29, 0.717) is 12.4 Å². The van der Waals surface area contributed by atoms with Gasteiger partial charge in [-0.25, -0.2) is 14.6 Å². The highest BCUT2D eigenvalue weighted by molar-refractivity contribution is 7.11. The second kappa shape index (κ2) is 11.8. The molecule has 4 aromatic rings. The van der Waals surface area contributed by atoms with Crippen LogP contribution in [0.2, 0.25) is 0 Å². The van der Waals surface area contributed by atoms with Crippen LogP contribution < -0.4 is 4.74 Å². The molecule has 0 saturated carbocycles. The number of hydrogen-bond donors (Lipinski definition) is 0. The van der Waals surface area contributed by atoms with Gasteiger partial charge in [-0.3, -0.25) is 4.98 Å².